The molecule has 0 aromatic rings. The second kappa shape index (κ2) is 4.07. The highest BCUT2D eigenvalue weighted by molar-refractivity contribution is 5.99. The highest BCUT2D eigenvalue weighted by Gasteiger charge is 1.85. The van der Waals surface area contributed by atoms with E-state index in [0.717, 1.165) is 6.08 Å². The van der Waals surface area contributed by atoms with Gasteiger partial charge >= 0.3 is 0 Å². The molecule has 0 aromatic carbocycles. The number of ketones is 1. The summed E-state index contributed by atoms with van der Waals surface area (Å²) < 4.78 is 42.0. The number of rotatable bonds is 2. The van der Waals surface area contributed by atoms with Crippen molar-refractivity contribution in [1.82, 2.24) is 0 Å². The molecule has 0 amide bonds. The molecule has 0 N–H and O–H groups in total. The quantitative estimate of drug-likeness (QED) is 0.523. The average Bonchev–Trinajstić information content (AvgIpc) is 1.96. The smallest absolute Gasteiger partial charge is 0.178 e. The van der Waals surface area contributed by atoms with Crippen molar-refractivity contribution in [3.8, 4) is 0 Å². The van der Waals surface area contributed by atoms with Gasteiger partial charge in [-0.2, -0.15) is 0 Å². The SMILES string of the molecule is [2H]C([2H])([2H])C(=CC(=O)/C=C/C)C([2H])([2H])[2H]. The summed E-state index contributed by atoms with van der Waals surface area (Å²) >= 11 is 0. The van der Waals surface area contributed by atoms with Gasteiger partial charge < -0.3 is 0 Å². The maximum absolute atomic E-state index is 11.1. The van der Waals surface area contributed by atoms with Crippen molar-refractivity contribution in [2.24, 2.45) is 0 Å². The molecule has 1 heteroatoms. The van der Waals surface area contributed by atoms with Gasteiger partial charge in [0, 0.05) is 8.22 Å². The molecule has 1 nitrogen and oxygen atoms in total. The monoisotopic (exact) mass is 130 g/mol. The van der Waals surface area contributed by atoms with E-state index < -0.39 is 25.1 Å². The molecule has 0 saturated heterocycles. The van der Waals surface area contributed by atoms with E-state index in [1.165, 1.54) is 6.08 Å². The minimum absolute atomic E-state index is 0.639. The normalized spacial score (nSPS) is 22.3. The van der Waals surface area contributed by atoms with Crippen molar-refractivity contribution in [2.75, 3.05) is 0 Å². The number of hydrogen-bond acceptors (Lipinski definition) is 1. The lowest BCUT2D eigenvalue weighted by molar-refractivity contribution is -0.110. The summed E-state index contributed by atoms with van der Waals surface area (Å²) in [4.78, 5) is 11.1. The lowest BCUT2D eigenvalue weighted by atomic mass is 10.2. The Bertz CT molecular complexity index is 277. The Morgan fingerprint density at radius 1 is 1.56 bits per heavy atom. The molecule has 0 fully saturated rings. The third-order valence-electron chi connectivity index (χ3n) is 0.618. The summed E-state index contributed by atoms with van der Waals surface area (Å²) in [5.41, 5.74) is -0.807. The van der Waals surface area contributed by atoms with Gasteiger partial charge in [0.05, 0.1) is 0 Å². The third-order valence-corrected chi connectivity index (χ3v) is 0.618. The molecule has 0 radical (unpaired) electrons. The highest BCUT2D eigenvalue weighted by Crippen LogP contribution is 1.89. The fourth-order valence-electron chi connectivity index (χ4n) is 0.355. The number of hydrogen-bond donors (Lipinski definition) is 0. The molecule has 0 spiro atoms. The molecule has 0 atom stereocenters. The van der Waals surface area contributed by atoms with Gasteiger partial charge in [-0.1, -0.05) is 11.6 Å². The summed E-state index contributed by atoms with van der Waals surface area (Å²) in [6.45, 7) is -3.97. The number of allylic oxidation sites excluding steroid dienone is 4. The van der Waals surface area contributed by atoms with Crippen LogP contribution in [0.4, 0.5) is 0 Å². The third kappa shape index (κ3) is 5.01. The summed E-state index contributed by atoms with van der Waals surface area (Å²) in [7, 11) is 0. The summed E-state index contributed by atoms with van der Waals surface area (Å²) in [6, 6.07) is 0. The molecule has 0 aliphatic rings. The van der Waals surface area contributed by atoms with Crippen LogP contribution >= 0.6 is 0 Å². The molecular formula is C8H12O. The summed E-state index contributed by atoms with van der Waals surface area (Å²) in [5, 5.41) is 0. The van der Waals surface area contributed by atoms with Crippen molar-refractivity contribution in [3.63, 3.8) is 0 Å². The summed E-state index contributed by atoms with van der Waals surface area (Å²) in [6.07, 6.45) is 3.17. The van der Waals surface area contributed by atoms with Gasteiger partial charge in [0.1, 0.15) is 0 Å². The van der Waals surface area contributed by atoms with Crippen molar-refractivity contribution in [1.29, 1.82) is 0 Å². The van der Waals surface area contributed by atoms with E-state index in [1.54, 1.807) is 6.92 Å². The minimum Gasteiger partial charge on any atom is -0.290 e. The van der Waals surface area contributed by atoms with Gasteiger partial charge in [0.25, 0.3) is 0 Å². The minimum atomic E-state index is -2.78. The molecule has 0 bridgehead atoms. The molecule has 0 rings (SSSR count). The van der Waals surface area contributed by atoms with E-state index in [1.807, 2.05) is 0 Å². The van der Waals surface area contributed by atoms with Gasteiger partial charge in [-0.25, -0.2) is 0 Å². The molecule has 0 saturated carbocycles. The number of carbonyl (C=O) groups is 1. The molecule has 9 heavy (non-hydrogen) atoms. The highest BCUT2D eigenvalue weighted by atomic mass is 16.1. The van der Waals surface area contributed by atoms with E-state index in [9.17, 15) is 4.79 Å². The average molecular weight is 130 g/mol. The van der Waals surface area contributed by atoms with E-state index in [-0.39, 0.29) is 0 Å². The maximum Gasteiger partial charge on any atom is 0.178 e. The molecule has 0 aliphatic heterocycles. The Morgan fingerprint density at radius 3 is 2.67 bits per heavy atom. The van der Waals surface area contributed by atoms with Crippen LogP contribution in [0, 0.1) is 0 Å². The van der Waals surface area contributed by atoms with Crippen molar-refractivity contribution in [2.45, 2.75) is 20.6 Å². The molecule has 50 valence electrons. The first kappa shape index (κ1) is 2.41. The van der Waals surface area contributed by atoms with Gasteiger partial charge in [-0.05, 0) is 32.8 Å². The first-order valence-electron chi connectivity index (χ1n) is 5.48. The molecule has 0 unspecified atom stereocenters. The van der Waals surface area contributed by atoms with Crippen LogP contribution in [-0.4, -0.2) is 5.78 Å². The van der Waals surface area contributed by atoms with E-state index >= 15 is 0 Å². The largest absolute Gasteiger partial charge is 0.290 e. The van der Waals surface area contributed by atoms with Crippen LogP contribution in [0.1, 0.15) is 28.9 Å². The Morgan fingerprint density at radius 2 is 2.22 bits per heavy atom. The van der Waals surface area contributed by atoms with Crippen molar-refractivity contribution >= 4 is 5.78 Å². The Hall–Kier alpha value is -0.850. The second-order valence-corrected chi connectivity index (χ2v) is 1.46. The van der Waals surface area contributed by atoms with E-state index in [0.29, 0.717) is 6.08 Å². The van der Waals surface area contributed by atoms with Crippen LogP contribution in [0.5, 0.6) is 0 Å². The zero-order valence-electron chi connectivity index (χ0n) is 11.1. The van der Waals surface area contributed by atoms with E-state index in [4.69, 9.17) is 8.22 Å². The van der Waals surface area contributed by atoms with Crippen molar-refractivity contribution in [3.05, 3.63) is 23.8 Å². The van der Waals surface area contributed by atoms with Crippen LogP contribution in [-0.2, 0) is 4.79 Å². The van der Waals surface area contributed by atoms with Gasteiger partial charge in [-0.15, -0.1) is 0 Å². The Labute approximate surface area is 64.5 Å². The van der Waals surface area contributed by atoms with Crippen LogP contribution in [0.2, 0.25) is 0 Å². The Balaban J connectivity index is 5.23. The summed E-state index contributed by atoms with van der Waals surface area (Å²) in [5.74, 6) is -0.639. The molecule has 0 aromatic heterocycles. The van der Waals surface area contributed by atoms with Crippen LogP contribution in [0.15, 0.2) is 23.8 Å². The lowest BCUT2D eigenvalue weighted by Crippen LogP contribution is -1.84. The lowest BCUT2D eigenvalue weighted by Gasteiger charge is -1.83. The van der Waals surface area contributed by atoms with Gasteiger partial charge in [0.2, 0.25) is 0 Å². The topological polar surface area (TPSA) is 17.1 Å². The fraction of sp³-hybridized carbons (Fsp3) is 0.375. The first-order valence-corrected chi connectivity index (χ1v) is 2.48. The van der Waals surface area contributed by atoms with Gasteiger partial charge in [-0.3, -0.25) is 4.79 Å². The molecular weight excluding hydrogens is 112 g/mol. The predicted octanol–water partition coefficient (Wildman–Crippen LogP) is 2.10. The number of carbonyl (C=O) groups excluding carboxylic acids is 1. The molecule has 0 aliphatic carbocycles. The van der Waals surface area contributed by atoms with E-state index in [2.05, 4.69) is 0 Å². The second-order valence-electron chi connectivity index (χ2n) is 1.46. The predicted molar refractivity (Wildman–Crippen MR) is 39.3 cm³/mol. The fourth-order valence-corrected chi connectivity index (χ4v) is 0.355. The van der Waals surface area contributed by atoms with Crippen LogP contribution in [0.3, 0.4) is 0 Å². The zero-order chi connectivity index (χ0) is 12.3. The Kier molecular flexibility index (Phi) is 1.09. The zero-order valence-corrected chi connectivity index (χ0v) is 5.14. The van der Waals surface area contributed by atoms with Crippen molar-refractivity contribution < 1.29 is 13.0 Å². The van der Waals surface area contributed by atoms with Gasteiger partial charge in [0.15, 0.2) is 5.78 Å². The van der Waals surface area contributed by atoms with Crippen LogP contribution < -0.4 is 0 Å². The standard InChI is InChI=1S/C8H12O/c1-4-5-8(9)6-7(2)3/h4-6H,1-3H3/b5-4+/i2D3,3D3. The van der Waals surface area contributed by atoms with Crippen LogP contribution in [0.25, 0.3) is 0 Å². The maximum atomic E-state index is 11.1. The first-order chi connectivity index (χ1) is 6.59. The molecule has 0 heterocycles.